The molecule has 114 valence electrons. The molecule has 0 unspecified atom stereocenters. The molecule has 0 aliphatic heterocycles. The number of hydrogen-bond donors (Lipinski definition) is 1. The molecule has 1 rings (SSSR count). The molecule has 1 N–H and O–H groups in total. The molecular formula is C15H24O5. The van der Waals surface area contributed by atoms with Crippen LogP contribution in [-0.4, -0.2) is 29.8 Å². The minimum absolute atomic E-state index is 0.306. The Balaban J connectivity index is 2.98. The highest BCUT2D eigenvalue weighted by atomic mass is 16.6. The highest BCUT2D eigenvalue weighted by Gasteiger charge is 2.49. The van der Waals surface area contributed by atoms with Crippen LogP contribution in [0.4, 0.5) is 0 Å². The van der Waals surface area contributed by atoms with Crippen molar-refractivity contribution in [1.29, 1.82) is 0 Å². The summed E-state index contributed by atoms with van der Waals surface area (Å²) in [7, 11) is 1.53. The van der Waals surface area contributed by atoms with Gasteiger partial charge in [0.15, 0.2) is 0 Å². The highest BCUT2D eigenvalue weighted by Crippen LogP contribution is 2.44. The first-order valence-corrected chi connectivity index (χ1v) is 6.77. The number of rotatable bonds is 3. The quantitative estimate of drug-likeness (QED) is 0.637. The van der Waals surface area contributed by atoms with Crippen LogP contribution in [0.3, 0.4) is 0 Å². The Kier molecular flexibility index (Phi) is 4.84. The standard InChI is InChI=1S/C15H24O5/c1-14(2,3)20-12(16)11-7-6-10(9-19-5)8-15(11,4)13(17)18/h9,11H,6-8H2,1-5H3,(H,17,18)/b10-9+/t11-,15+/m1/s1. The average molecular weight is 284 g/mol. The smallest absolute Gasteiger partial charge is 0.310 e. The number of carbonyl (C=O) groups excluding carboxylic acids is 1. The largest absolute Gasteiger partial charge is 0.504 e. The minimum atomic E-state index is -1.15. The molecule has 2 atom stereocenters. The molecule has 0 radical (unpaired) electrons. The Labute approximate surface area is 119 Å². The van der Waals surface area contributed by atoms with Crippen molar-refractivity contribution in [2.24, 2.45) is 11.3 Å². The van der Waals surface area contributed by atoms with Crippen LogP contribution in [-0.2, 0) is 19.1 Å². The molecule has 0 aromatic carbocycles. The number of hydrogen-bond acceptors (Lipinski definition) is 4. The summed E-state index contributed by atoms with van der Waals surface area (Å²) in [6.07, 6.45) is 3.00. The predicted octanol–water partition coefficient (Wildman–Crippen LogP) is 2.75. The van der Waals surface area contributed by atoms with Gasteiger partial charge in [0.1, 0.15) is 5.60 Å². The molecule has 0 amide bonds. The van der Waals surface area contributed by atoms with Crippen LogP contribution in [0.25, 0.3) is 0 Å². The normalized spacial score (nSPS) is 29.1. The molecule has 1 aliphatic rings. The first kappa shape index (κ1) is 16.5. The van der Waals surface area contributed by atoms with Crippen LogP contribution in [0.1, 0.15) is 47.0 Å². The van der Waals surface area contributed by atoms with Gasteiger partial charge in [-0.3, -0.25) is 9.59 Å². The molecule has 1 saturated carbocycles. The van der Waals surface area contributed by atoms with E-state index in [0.29, 0.717) is 19.3 Å². The van der Waals surface area contributed by atoms with Crippen LogP contribution in [0.2, 0.25) is 0 Å². The molecule has 5 heteroatoms. The van der Waals surface area contributed by atoms with Crippen molar-refractivity contribution in [3.05, 3.63) is 11.8 Å². The summed E-state index contributed by atoms with van der Waals surface area (Å²) in [6.45, 7) is 6.94. The van der Waals surface area contributed by atoms with E-state index in [4.69, 9.17) is 9.47 Å². The third-order valence-corrected chi connectivity index (χ3v) is 3.58. The summed E-state index contributed by atoms with van der Waals surface area (Å²) < 4.78 is 10.3. The maximum absolute atomic E-state index is 12.3. The van der Waals surface area contributed by atoms with E-state index >= 15 is 0 Å². The Morgan fingerprint density at radius 3 is 2.45 bits per heavy atom. The lowest BCUT2D eigenvalue weighted by Crippen LogP contribution is -2.45. The summed E-state index contributed by atoms with van der Waals surface area (Å²) in [5.74, 6) is -2.04. The van der Waals surface area contributed by atoms with E-state index in [0.717, 1.165) is 5.57 Å². The number of carbonyl (C=O) groups is 2. The first-order valence-electron chi connectivity index (χ1n) is 6.77. The number of allylic oxidation sites excluding steroid dienone is 1. The Morgan fingerprint density at radius 1 is 1.40 bits per heavy atom. The van der Waals surface area contributed by atoms with Gasteiger partial charge in [0.25, 0.3) is 0 Å². The predicted molar refractivity (Wildman–Crippen MR) is 74.0 cm³/mol. The van der Waals surface area contributed by atoms with Gasteiger partial charge in [-0.15, -0.1) is 0 Å². The minimum Gasteiger partial charge on any atom is -0.504 e. The fraction of sp³-hybridized carbons (Fsp3) is 0.733. The van der Waals surface area contributed by atoms with Crippen LogP contribution in [0, 0.1) is 11.3 Å². The third kappa shape index (κ3) is 3.74. The van der Waals surface area contributed by atoms with E-state index in [1.165, 1.54) is 7.11 Å². The fourth-order valence-corrected chi connectivity index (χ4v) is 2.57. The van der Waals surface area contributed by atoms with Crippen LogP contribution in [0.15, 0.2) is 11.8 Å². The highest BCUT2D eigenvalue weighted by molar-refractivity contribution is 5.85. The van der Waals surface area contributed by atoms with Gasteiger partial charge in [0.2, 0.25) is 0 Å². The van der Waals surface area contributed by atoms with E-state index in [2.05, 4.69) is 0 Å². The van der Waals surface area contributed by atoms with Gasteiger partial charge in [-0.2, -0.15) is 0 Å². The Bertz CT molecular complexity index is 418. The van der Waals surface area contributed by atoms with Gasteiger partial charge >= 0.3 is 11.9 Å². The zero-order valence-corrected chi connectivity index (χ0v) is 12.9. The van der Waals surface area contributed by atoms with Crippen LogP contribution < -0.4 is 0 Å². The van der Waals surface area contributed by atoms with Gasteiger partial charge in [0, 0.05) is 0 Å². The molecular weight excluding hydrogens is 260 g/mol. The SMILES string of the molecule is CO/C=C1\CC[C@H](C(=O)OC(C)(C)C)[C@@](C)(C(=O)O)C1. The number of ether oxygens (including phenoxy) is 2. The molecule has 20 heavy (non-hydrogen) atoms. The van der Waals surface area contributed by atoms with Crippen LogP contribution in [0.5, 0.6) is 0 Å². The van der Waals surface area contributed by atoms with Crippen molar-refractivity contribution in [1.82, 2.24) is 0 Å². The van der Waals surface area contributed by atoms with E-state index in [1.807, 2.05) is 0 Å². The monoisotopic (exact) mass is 284 g/mol. The van der Waals surface area contributed by atoms with Crippen molar-refractivity contribution in [2.45, 2.75) is 52.6 Å². The fourth-order valence-electron chi connectivity index (χ4n) is 2.57. The summed E-state index contributed by atoms with van der Waals surface area (Å²) >= 11 is 0. The molecule has 0 heterocycles. The molecule has 5 nitrogen and oxygen atoms in total. The van der Waals surface area contributed by atoms with E-state index in [1.54, 1.807) is 34.0 Å². The topological polar surface area (TPSA) is 72.8 Å². The zero-order chi connectivity index (χ0) is 15.6. The van der Waals surface area contributed by atoms with E-state index < -0.39 is 28.9 Å². The zero-order valence-electron chi connectivity index (χ0n) is 12.9. The van der Waals surface area contributed by atoms with Crippen LogP contribution >= 0.6 is 0 Å². The van der Waals surface area contributed by atoms with E-state index in [9.17, 15) is 14.7 Å². The number of carboxylic acids is 1. The first-order chi connectivity index (χ1) is 9.10. The molecule has 1 aliphatic carbocycles. The summed E-state index contributed by atoms with van der Waals surface area (Å²) in [5.41, 5.74) is -0.846. The Hall–Kier alpha value is -1.52. The number of aliphatic carboxylic acids is 1. The third-order valence-electron chi connectivity index (χ3n) is 3.58. The van der Waals surface area contributed by atoms with Crippen molar-refractivity contribution < 1.29 is 24.2 Å². The molecule has 0 spiro atoms. The second-order valence-corrected chi connectivity index (χ2v) is 6.54. The molecule has 0 bridgehead atoms. The lowest BCUT2D eigenvalue weighted by molar-refractivity contribution is -0.174. The Morgan fingerprint density at radius 2 is 2.00 bits per heavy atom. The number of carboxylic acid groups (broad SMARTS) is 1. The maximum Gasteiger partial charge on any atom is 0.310 e. The van der Waals surface area contributed by atoms with Gasteiger partial charge < -0.3 is 14.6 Å². The molecule has 0 saturated heterocycles. The average Bonchev–Trinajstić information content (AvgIpc) is 2.26. The van der Waals surface area contributed by atoms with Gasteiger partial charge in [-0.1, -0.05) is 0 Å². The molecule has 0 aromatic rings. The van der Waals surface area contributed by atoms with Crippen molar-refractivity contribution >= 4 is 11.9 Å². The lowest BCUT2D eigenvalue weighted by atomic mass is 9.66. The lowest BCUT2D eigenvalue weighted by Gasteiger charge is -2.38. The van der Waals surface area contributed by atoms with Gasteiger partial charge in [-0.25, -0.2) is 0 Å². The number of methoxy groups -OCH3 is 1. The van der Waals surface area contributed by atoms with E-state index in [-0.39, 0.29) is 0 Å². The number of esters is 1. The van der Waals surface area contributed by atoms with Gasteiger partial charge in [0.05, 0.1) is 24.7 Å². The molecule has 0 aromatic heterocycles. The van der Waals surface area contributed by atoms with Crippen molar-refractivity contribution in [2.75, 3.05) is 7.11 Å². The summed E-state index contributed by atoms with van der Waals surface area (Å²) in [4.78, 5) is 23.9. The second kappa shape index (κ2) is 5.85. The van der Waals surface area contributed by atoms with Crippen molar-refractivity contribution in [3.8, 4) is 0 Å². The molecule has 1 fully saturated rings. The summed E-state index contributed by atoms with van der Waals surface area (Å²) in [5, 5.41) is 9.53. The van der Waals surface area contributed by atoms with Gasteiger partial charge in [-0.05, 0) is 52.5 Å². The van der Waals surface area contributed by atoms with Crippen molar-refractivity contribution in [3.63, 3.8) is 0 Å². The maximum atomic E-state index is 12.3. The summed E-state index contributed by atoms with van der Waals surface area (Å²) in [6, 6.07) is 0. The second-order valence-electron chi connectivity index (χ2n) is 6.54.